The summed E-state index contributed by atoms with van der Waals surface area (Å²) in [5.41, 5.74) is 2.29. The summed E-state index contributed by atoms with van der Waals surface area (Å²) in [6.45, 7) is 4.22. The molecule has 0 aliphatic carbocycles. The number of carbonyl (C=O) groups excluding carboxylic acids is 1. The first-order valence-corrected chi connectivity index (χ1v) is 10.1. The zero-order chi connectivity index (χ0) is 19.0. The molecule has 2 fully saturated rings. The van der Waals surface area contributed by atoms with Crippen molar-refractivity contribution in [1.82, 2.24) is 15.2 Å². The minimum Gasteiger partial charge on any atom is -0.484 e. The highest BCUT2D eigenvalue weighted by atomic mass is 16.6. The average Bonchev–Trinajstić information content (AvgIpc) is 3.10. The molecule has 28 heavy (non-hydrogen) atoms. The van der Waals surface area contributed by atoms with Crippen LogP contribution in [0, 0.1) is 5.41 Å². The Morgan fingerprint density at radius 3 is 2.71 bits per heavy atom. The Hall–Kier alpha value is -2.60. The van der Waals surface area contributed by atoms with Crippen molar-refractivity contribution in [3.8, 4) is 11.6 Å². The highest BCUT2D eigenvalue weighted by molar-refractivity contribution is 5.84. The van der Waals surface area contributed by atoms with Crippen molar-refractivity contribution in [2.45, 2.75) is 31.9 Å². The topological polar surface area (TPSA) is 63.7 Å². The Morgan fingerprint density at radius 2 is 1.96 bits per heavy atom. The van der Waals surface area contributed by atoms with Crippen LogP contribution in [0.5, 0.6) is 11.6 Å². The molecule has 146 valence electrons. The fourth-order valence-corrected chi connectivity index (χ4v) is 4.50. The summed E-state index contributed by atoms with van der Waals surface area (Å²) < 4.78 is 11.8. The smallest absolute Gasteiger partial charge is 0.257 e. The maximum Gasteiger partial charge on any atom is 0.257 e. The molecule has 3 aliphatic rings. The second-order valence-corrected chi connectivity index (χ2v) is 8.03. The molecule has 0 unspecified atom stereocenters. The van der Waals surface area contributed by atoms with Gasteiger partial charge in [0, 0.05) is 19.3 Å². The van der Waals surface area contributed by atoms with Gasteiger partial charge in [-0.05, 0) is 55.6 Å². The number of piperidine rings is 1. The van der Waals surface area contributed by atoms with E-state index >= 15 is 0 Å². The Labute approximate surface area is 164 Å². The molecule has 0 bridgehead atoms. The number of nitrogens with zero attached hydrogens (tertiary/aromatic N) is 2. The summed E-state index contributed by atoms with van der Waals surface area (Å²) in [4.78, 5) is 18.8. The average molecular weight is 379 g/mol. The van der Waals surface area contributed by atoms with Crippen LogP contribution in [0.25, 0.3) is 0 Å². The van der Waals surface area contributed by atoms with E-state index < -0.39 is 0 Å². The monoisotopic (exact) mass is 379 g/mol. The van der Waals surface area contributed by atoms with E-state index in [2.05, 4.69) is 39.5 Å². The number of pyridine rings is 1. The summed E-state index contributed by atoms with van der Waals surface area (Å²) in [6.07, 6.45) is 4.52. The third-order valence-electron chi connectivity index (χ3n) is 6.32. The highest BCUT2D eigenvalue weighted by Crippen LogP contribution is 2.38. The van der Waals surface area contributed by atoms with Crippen molar-refractivity contribution in [3.63, 3.8) is 0 Å². The van der Waals surface area contributed by atoms with E-state index in [0.717, 1.165) is 51.0 Å². The van der Waals surface area contributed by atoms with Crippen molar-refractivity contribution in [1.29, 1.82) is 0 Å². The van der Waals surface area contributed by atoms with Gasteiger partial charge in [-0.15, -0.1) is 0 Å². The van der Waals surface area contributed by atoms with Gasteiger partial charge in [-0.3, -0.25) is 9.69 Å². The van der Waals surface area contributed by atoms with Gasteiger partial charge < -0.3 is 14.8 Å². The molecule has 1 aromatic carbocycles. The second-order valence-electron chi connectivity index (χ2n) is 8.03. The molecular formula is C22H25N3O3. The van der Waals surface area contributed by atoms with Crippen LogP contribution in [0.4, 0.5) is 0 Å². The normalized spacial score (nSPS) is 23.6. The number of rotatable bonds is 3. The Balaban J connectivity index is 1.19. The van der Waals surface area contributed by atoms with Crippen LogP contribution in [-0.2, 0) is 11.3 Å². The molecule has 1 spiro atoms. The van der Waals surface area contributed by atoms with E-state index in [9.17, 15) is 4.79 Å². The number of ether oxygens (including phenoxy) is 2. The first-order chi connectivity index (χ1) is 13.7. The van der Waals surface area contributed by atoms with Crippen molar-refractivity contribution in [2.24, 2.45) is 5.41 Å². The van der Waals surface area contributed by atoms with E-state index in [0.29, 0.717) is 18.2 Å². The maximum atomic E-state index is 12.1. The van der Waals surface area contributed by atoms with Crippen molar-refractivity contribution < 1.29 is 14.3 Å². The summed E-state index contributed by atoms with van der Waals surface area (Å²) in [5.74, 6) is 1.53. The molecule has 2 aromatic rings. The number of carbonyl (C=O) groups is 1. The third-order valence-corrected chi connectivity index (χ3v) is 6.32. The summed E-state index contributed by atoms with van der Waals surface area (Å²) in [7, 11) is 0. The van der Waals surface area contributed by atoms with E-state index in [-0.39, 0.29) is 17.4 Å². The van der Waals surface area contributed by atoms with Gasteiger partial charge in [-0.25, -0.2) is 4.98 Å². The lowest BCUT2D eigenvalue weighted by atomic mass is 9.77. The van der Waals surface area contributed by atoms with Gasteiger partial charge in [0.15, 0.2) is 11.9 Å². The van der Waals surface area contributed by atoms with Gasteiger partial charge in [-0.1, -0.05) is 24.3 Å². The van der Waals surface area contributed by atoms with Gasteiger partial charge in [0.2, 0.25) is 5.91 Å². The molecule has 0 radical (unpaired) electrons. The third kappa shape index (κ3) is 3.22. The van der Waals surface area contributed by atoms with Crippen LogP contribution < -0.4 is 14.8 Å². The Morgan fingerprint density at radius 1 is 1.14 bits per heavy atom. The quantitative estimate of drug-likeness (QED) is 0.888. The fourth-order valence-electron chi connectivity index (χ4n) is 4.50. The van der Waals surface area contributed by atoms with E-state index in [1.54, 1.807) is 6.20 Å². The van der Waals surface area contributed by atoms with E-state index in [4.69, 9.17) is 9.47 Å². The molecule has 0 saturated carbocycles. The van der Waals surface area contributed by atoms with Gasteiger partial charge in [0.1, 0.15) is 6.61 Å². The molecule has 2 saturated heterocycles. The van der Waals surface area contributed by atoms with Crippen molar-refractivity contribution >= 4 is 5.91 Å². The zero-order valence-corrected chi connectivity index (χ0v) is 15.9. The summed E-state index contributed by atoms with van der Waals surface area (Å²) >= 11 is 0. The Bertz CT molecular complexity index is 860. The maximum absolute atomic E-state index is 12.1. The van der Waals surface area contributed by atoms with Crippen LogP contribution in [-0.4, -0.2) is 42.0 Å². The lowest BCUT2D eigenvalue weighted by Crippen LogP contribution is -2.43. The molecule has 3 aliphatic heterocycles. The summed E-state index contributed by atoms with van der Waals surface area (Å²) in [6, 6.07) is 12.3. The van der Waals surface area contributed by atoms with Crippen LogP contribution in [0.3, 0.4) is 0 Å². The lowest BCUT2D eigenvalue weighted by Gasteiger charge is -2.37. The second kappa shape index (κ2) is 7.09. The molecule has 1 atom stereocenters. The number of amides is 1. The van der Waals surface area contributed by atoms with E-state index in [1.807, 2.05) is 12.1 Å². The number of fused-ring (bicyclic) bond motifs is 1. The van der Waals surface area contributed by atoms with Crippen LogP contribution in [0.15, 0.2) is 42.6 Å². The van der Waals surface area contributed by atoms with Gasteiger partial charge in [-0.2, -0.15) is 0 Å². The first-order valence-electron chi connectivity index (χ1n) is 10.1. The van der Waals surface area contributed by atoms with E-state index in [1.165, 1.54) is 5.56 Å². The molecule has 1 aromatic heterocycles. The lowest BCUT2D eigenvalue weighted by molar-refractivity contribution is -0.130. The van der Waals surface area contributed by atoms with Crippen molar-refractivity contribution in [3.05, 3.63) is 53.7 Å². The minimum absolute atomic E-state index is 0.0942. The van der Waals surface area contributed by atoms with Gasteiger partial charge >= 0.3 is 0 Å². The fraction of sp³-hybridized carbons (Fsp3) is 0.455. The predicted octanol–water partition coefficient (Wildman–Crippen LogP) is 2.70. The number of aromatic nitrogens is 1. The largest absolute Gasteiger partial charge is 0.484 e. The van der Waals surface area contributed by atoms with Gasteiger partial charge in [0.05, 0.1) is 5.41 Å². The molecule has 6 heteroatoms. The summed E-state index contributed by atoms with van der Waals surface area (Å²) in [5, 5.41) is 3.00. The van der Waals surface area contributed by atoms with Gasteiger partial charge in [0.25, 0.3) is 5.88 Å². The molecule has 1 N–H and O–H groups in total. The molecule has 1 amide bonds. The zero-order valence-electron chi connectivity index (χ0n) is 15.9. The molecule has 5 rings (SSSR count). The number of likely N-dealkylation sites (tertiary alicyclic amines) is 1. The van der Waals surface area contributed by atoms with Crippen LogP contribution >= 0.6 is 0 Å². The van der Waals surface area contributed by atoms with Crippen molar-refractivity contribution in [2.75, 3.05) is 26.2 Å². The molecular weight excluding hydrogens is 354 g/mol. The van der Waals surface area contributed by atoms with Crippen LogP contribution in [0.2, 0.25) is 0 Å². The molecule has 6 nitrogen and oxygen atoms in total. The SMILES string of the molecule is O=C1NCCC12CCN(Cc1ccc([C@H]3COc4cccnc4O3)cc1)CC2. The number of benzene rings is 1. The standard InChI is InChI=1S/C22H25N3O3/c26-21-22(7-11-24-21)8-12-25(13-9-22)14-16-3-5-17(6-4-16)19-15-27-18-2-1-10-23-20(18)28-19/h1-6,10,19H,7-9,11-15H2,(H,24,26)/t19-/m1/s1. The number of hydrogen-bond donors (Lipinski definition) is 1. The predicted molar refractivity (Wildman–Crippen MR) is 104 cm³/mol. The minimum atomic E-state index is -0.132. The molecule has 4 heterocycles. The Kier molecular flexibility index (Phi) is 4.43. The number of nitrogens with one attached hydrogen (secondary N) is 1. The first kappa shape index (κ1) is 17.5. The number of hydrogen-bond acceptors (Lipinski definition) is 5. The van der Waals surface area contributed by atoms with Crippen LogP contribution in [0.1, 0.15) is 36.5 Å². The highest BCUT2D eigenvalue weighted by Gasteiger charge is 2.44.